The van der Waals surface area contributed by atoms with Crippen LogP contribution in [-0.4, -0.2) is 56.8 Å². The van der Waals surface area contributed by atoms with E-state index in [4.69, 9.17) is 10.6 Å². The van der Waals surface area contributed by atoms with E-state index in [2.05, 4.69) is 27.7 Å². The number of rotatable bonds is 6. The number of hydrogen-bond acceptors (Lipinski definition) is 4. The van der Waals surface area contributed by atoms with Crippen molar-refractivity contribution >= 4 is 5.96 Å². The van der Waals surface area contributed by atoms with Crippen molar-refractivity contribution in [1.82, 2.24) is 15.6 Å². The largest absolute Gasteiger partial charge is 0.382 e. The van der Waals surface area contributed by atoms with E-state index in [-0.39, 0.29) is 0 Å². The number of nitrogens with one attached hydrogen (secondary N) is 2. The molecule has 0 aromatic heterocycles. The molecule has 1 fully saturated rings. The Kier molecular flexibility index (Phi) is 7.71. The summed E-state index contributed by atoms with van der Waals surface area (Å²) >= 11 is 0. The molecule has 0 amide bonds. The van der Waals surface area contributed by atoms with E-state index >= 15 is 0 Å². The molecule has 0 saturated carbocycles. The van der Waals surface area contributed by atoms with Crippen LogP contribution in [0, 0.1) is 0 Å². The van der Waals surface area contributed by atoms with Gasteiger partial charge in [0.25, 0.3) is 0 Å². The molecule has 0 radical (unpaired) electrons. The van der Waals surface area contributed by atoms with E-state index in [0.29, 0.717) is 12.0 Å². The Morgan fingerprint density at radius 3 is 2.78 bits per heavy atom. The average Bonchev–Trinajstić information content (AvgIpc) is 2.39. The number of nitrogens with two attached hydrogens (primary N) is 1. The van der Waals surface area contributed by atoms with E-state index in [0.717, 1.165) is 52.1 Å². The quantitative estimate of drug-likeness (QED) is 0.204. The molecule has 1 rings (SSSR count). The fourth-order valence-electron chi connectivity index (χ4n) is 1.98. The Morgan fingerprint density at radius 2 is 2.17 bits per heavy atom. The summed E-state index contributed by atoms with van der Waals surface area (Å²) in [6.07, 6.45) is 3.19. The third-order valence-corrected chi connectivity index (χ3v) is 3.12. The third kappa shape index (κ3) is 6.18. The molecule has 0 atom stereocenters. The smallest absolute Gasteiger partial charge is 0.205 e. The monoisotopic (exact) mass is 257 g/mol. The molecule has 0 bridgehead atoms. The van der Waals surface area contributed by atoms with Crippen LogP contribution in [-0.2, 0) is 4.74 Å². The molecule has 18 heavy (non-hydrogen) atoms. The summed E-state index contributed by atoms with van der Waals surface area (Å²) in [4.78, 5) is 6.74. The summed E-state index contributed by atoms with van der Waals surface area (Å²) in [6.45, 7) is 6.50. The summed E-state index contributed by atoms with van der Waals surface area (Å²) in [5.41, 5.74) is 2.64. The van der Waals surface area contributed by atoms with E-state index in [1.165, 1.54) is 0 Å². The molecule has 1 aliphatic rings. The zero-order valence-corrected chi connectivity index (χ0v) is 11.6. The standard InChI is InChI=1S/C12H27N5O/c1-3-18-10-4-7-14-12(16-13)15-11-5-8-17(2)9-6-11/h11H,3-10,13H2,1-2H3,(H2,14,15,16). The maximum atomic E-state index is 5.47. The number of piperidine rings is 1. The lowest BCUT2D eigenvalue weighted by Crippen LogP contribution is -2.50. The van der Waals surface area contributed by atoms with Gasteiger partial charge in [-0.05, 0) is 46.3 Å². The molecule has 0 spiro atoms. The summed E-state index contributed by atoms with van der Waals surface area (Å²) in [7, 11) is 2.15. The van der Waals surface area contributed by atoms with Crippen molar-refractivity contribution < 1.29 is 4.74 Å². The highest BCUT2D eigenvalue weighted by molar-refractivity contribution is 5.79. The highest BCUT2D eigenvalue weighted by Crippen LogP contribution is 2.07. The molecule has 1 heterocycles. The number of guanidine groups is 1. The summed E-state index contributed by atoms with van der Waals surface area (Å²) in [5, 5.41) is 3.36. The summed E-state index contributed by atoms with van der Waals surface area (Å²) < 4.78 is 5.26. The number of ether oxygens (including phenoxy) is 1. The van der Waals surface area contributed by atoms with Gasteiger partial charge in [-0.1, -0.05) is 0 Å². The zero-order chi connectivity index (χ0) is 13.2. The van der Waals surface area contributed by atoms with E-state index in [9.17, 15) is 0 Å². The first-order valence-corrected chi connectivity index (χ1v) is 6.80. The van der Waals surface area contributed by atoms with Crippen molar-refractivity contribution in [1.29, 1.82) is 0 Å². The maximum absolute atomic E-state index is 5.47. The van der Waals surface area contributed by atoms with E-state index in [1.807, 2.05) is 6.92 Å². The molecule has 4 N–H and O–H groups in total. The number of likely N-dealkylation sites (tertiary alicyclic amines) is 1. The minimum absolute atomic E-state index is 0.475. The van der Waals surface area contributed by atoms with Crippen molar-refractivity contribution in [3.63, 3.8) is 0 Å². The van der Waals surface area contributed by atoms with Gasteiger partial charge in [-0.25, -0.2) is 5.84 Å². The van der Waals surface area contributed by atoms with Gasteiger partial charge in [0, 0.05) is 25.8 Å². The number of hydrogen-bond donors (Lipinski definition) is 3. The number of nitrogens with zero attached hydrogens (tertiary/aromatic N) is 2. The highest BCUT2D eigenvalue weighted by Gasteiger charge is 2.16. The molecule has 1 saturated heterocycles. The van der Waals surface area contributed by atoms with Crippen LogP contribution in [0.25, 0.3) is 0 Å². The Labute approximate surface area is 110 Å². The molecule has 106 valence electrons. The van der Waals surface area contributed by atoms with Crippen LogP contribution in [0.4, 0.5) is 0 Å². The molecule has 0 aromatic rings. The van der Waals surface area contributed by atoms with Gasteiger partial charge in [0.1, 0.15) is 0 Å². The first-order chi connectivity index (χ1) is 8.76. The Bertz CT molecular complexity index is 239. The minimum Gasteiger partial charge on any atom is -0.382 e. The van der Waals surface area contributed by atoms with Crippen LogP contribution in [0.2, 0.25) is 0 Å². The van der Waals surface area contributed by atoms with Gasteiger partial charge in [-0.2, -0.15) is 0 Å². The van der Waals surface area contributed by atoms with Crippen molar-refractivity contribution in [3.8, 4) is 0 Å². The van der Waals surface area contributed by atoms with Crippen molar-refractivity contribution in [2.24, 2.45) is 10.8 Å². The predicted octanol–water partition coefficient (Wildman–Crippen LogP) is -0.0839. The van der Waals surface area contributed by atoms with E-state index < -0.39 is 0 Å². The normalized spacial score (nSPS) is 18.9. The second kappa shape index (κ2) is 9.13. The van der Waals surface area contributed by atoms with Crippen LogP contribution in [0.1, 0.15) is 26.2 Å². The zero-order valence-electron chi connectivity index (χ0n) is 11.6. The second-order valence-electron chi connectivity index (χ2n) is 4.65. The average molecular weight is 257 g/mol. The molecule has 6 nitrogen and oxygen atoms in total. The lowest BCUT2D eigenvalue weighted by molar-refractivity contribution is 0.146. The maximum Gasteiger partial charge on any atom is 0.205 e. The van der Waals surface area contributed by atoms with E-state index in [1.54, 1.807) is 0 Å². The number of aliphatic imine (C=N–C) groups is 1. The van der Waals surface area contributed by atoms with Gasteiger partial charge in [0.15, 0.2) is 0 Å². The fourth-order valence-corrected chi connectivity index (χ4v) is 1.98. The van der Waals surface area contributed by atoms with Crippen molar-refractivity contribution in [2.75, 3.05) is 39.9 Å². The minimum atomic E-state index is 0.475. The predicted molar refractivity (Wildman–Crippen MR) is 74.4 cm³/mol. The van der Waals surface area contributed by atoms with Crippen LogP contribution in [0.15, 0.2) is 4.99 Å². The Hall–Kier alpha value is -0.850. The molecule has 0 unspecified atom stereocenters. The van der Waals surface area contributed by atoms with Gasteiger partial charge in [0.2, 0.25) is 5.96 Å². The third-order valence-electron chi connectivity index (χ3n) is 3.12. The molecular formula is C12H27N5O. The van der Waals surface area contributed by atoms with Gasteiger partial charge < -0.3 is 15.0 Å². The first-order valence-electron chi connectivity index (χ1n) is 6.80. The lowest BCUT2D eigenvalue weighted by atomic mass is 10.1. The SMILES string of the molecule is CCOCCCN=C(NN)NC1CCN(C)CC1. The lowest BCUT2D eigenvalue weighted by Gasteiger charge is -2.30. The van der Waals surface area contributed by atoms with Crippen LogP contribution >= 0.6 is 0 Å². The van der Waals surface area contributed by atoms with Crippen molar-refractivity contribution in [2.45, 2.75) is 32.2 Å². The van der Waals surface area contributed by atoms with Crippen LogP contribution in [0.3, 0.4) is 0 Å². The second-order valence-corrected chi connectivity index (χ2v) is 4.65. The van der Waals surface area contributed by atoms with Gasteiger partial charge in [-0.15, -0.1) is 0 Å². The van der Waals surface area contributed by atoms with Gasteiger partial charge in [-0.3, -0.25) is 10.4 Å². The Balaban J connectivity index is 2.21. The topological polar surface area (TPSA) is 74.9 Å². The van der Waals surface area contributed by atoms with Crippen LogP contribution < -0.4 is 16.6 Å². The fraction of sp³-hybridized carbons (Fsp3) is 0.917. The molecule has 0 aromatic carbocycles. The summed E-state index contributed by atoms with van der Waals surface area (Å²) in [6, 6.07) is 0.475. The Morgan fingerprint density at radius 1 is 1.44 bits per heavy atom. The van der Waals surface area contributed by atoms with Crippen molar-refractivity contribution in [3.05, 3.63) is 0 Å². The molecule has 0 aliphatic carbocycles. The van der Waals surface area contributed by atoms with Gasteiger partial charge >= 0.3 is 0 Å². The molecular weight excluding hydrogens is 230 g/mol. The van der Waals surface area contributed by atoms with Crippen LogP contribution in [0.5, 0.6) is 0 Å². The summed E-state index contributed by atoms with van der Waals surface area (Å²) in [5.74, 6) is 6.17. The highest BCUT2D eigenvalue weighted by atomic mass is 16.5. The molecule has 6 heteroatoms. The number of hydrazine groups is 1. The molecule has 1 aliphatic heterocycles. The van der Waals surface area contributed by atoms with Gasteiger partial charge in [0.05, 0.1) is 0 Å². The first kappa shape index (κ1) is 15.2.